The molecule has 6 heteroatoms. The Morgan fingerprint density at radius 1 is 1.09 bits per heavy atom. The molecule has 124 valence electrons. The van der Waals surface area contributed by atoms with E-state index in [4.69, 9.17) is 0 Å². The van der Waals surface area contributed by atoms with Crippen LogP contribution in [0.2, 0.25) is 0 Å². The summed E-state index contributed by atoms with van der Waals surface area (Å²) < 4.78 is 0. The summed E-state index contributed by atoms with van der Waals surface area (Å²) in [5.74, 6) is 0.426. The van der Waals surface area contributed by atoms with E-state index in [0.717, 1.165) is 45.4 Å². The van der Waals surface area contributed by atoms with Gasteiger partial charge in [0, 0.05) is 31.4 Å². The molecule has 2 heterocycles. The fourth-order valence-electron chi connectivity index (χ4n) is 3.12. The molecule has 2 fully saturated rings. The zero-order valence-electron chi connectivity index (χ0n) is 12.7. The van der Waals surface area contributed by atoms with Crippen molar-refractivity contribution in [2.24, 2.45) is 5.92 Å². The number of piperidine rings is 1. The van der Waals surface area contributed by atoms with Gasteiger partial charge < -0.3 is 15.5 Å². The second kappa shape index (κ2) is 9.23. The minimum Gasteiger partial charge on any atom is -0.371 e. The molecule has 0 saturated carbocycles. The third-order valence-corrected chi connectivity index (χ3v) is 4.39. The van der Waals surface area contributed by atoms with Gasteiger partial charge in [-0.2, -0.15) is 0 Å². The van der Waals surface area contributed by atoms with Crippen molar-refractivity contribution in [2.45, 2.75) is 25.3 Å². The van der Waals surface area contributed by atoms with E-state index in [1.807, 2.05) is 6.07 Å². The number of carbonyl (C=O) groups excluding carboxylic acids is 1. The van der Waals surface area contributed by atoms with Crippen molar-refractivity contribution < 1.29 is 4.79 Å². The van der Waals surface area contributed by atoms with E-state index in [0.29, 0.717) is 6.04 Å². The van der Waals surface area contributed by atoms with E-state index in [-0.39, 0.29) is 36.6 Å². The van der Waals surface area contributed by atoms with Crippen molar-refractivity contribution in [1.82, 2.24) is 10.6 Å². The van der Waals surface area contributed by atoms with Crippen LogP contribution in [-0.4, -0.2) is 38.1 Å². The topological polar surface area (TPSA) is 44.4 Å². The Morgan fingerprint density at radius 3 is 2.36 bits per heavy atom. The summed E-state index contributed by atoms with van der Waals surface area (Å²) in [4.78, 5) is 14.5. The molecule has 2 aliphatic rings. The van der Waals surface area contributed by atoms with Crippen molar-refractivity contribution in [3.05, 3.63) is 30.3 Å². The number of rotatable bonds is 3. The van der Waals surface area contributed by atoms with Gasteiger partial charge in [-0.1, -0.05) is 18.2 Å². The maximum atomic E-state index is 12.1. The second-order valence-corrected chi connectivity index (χ2v) is 5.80. The maximum Gasteiger partial charge on any atom is 0.224 e. The molecule has 0 spiro atoms. The van der Waals surface area contributed by atoms with E-state index in [2.05, 4.69) is 39.8 Å². The molecule has 1 amide bonds. The number of nitrogens with one attached hydrogen (secondary N) is 2. The fourth-order valence-corrected chi connectivity index (χ4v) is 3.12. The van der Waals surface area contributed by atoms with Crippen LogP contribution in [0.25, 0.3) is 0 Å². The highest BCUT2D eigenvalue weighted by molar-refractivity contribution is 5.85. The van der Waals surface area contributed by atoms with Crippen molar-refractivity contribution >= 4 is 36.4 Å². The molecule has 0 radical (unpaired) electrons. The number of hydrogen-bond acceptors (Lipinski definition) is 3. The first kappa shape index (κ1) is 19.1. The van der Waals surface area contributed by atoms with Gasteiger partial charge in [0.2, 0.25) is 5.91 Å². The van der Waals surface area contributed by atoms with E-state index in [1.165, 1.54) is 5.69 Å². The first-order chi connectivity index (χ1) is 9.83. The average molecular weight is 346 g/mol. The van der Waals surface area contributed by atoms with Crippen LogP contribution < -0.4 is 15.5 Å². The lowest BCUT2D eigenvalue weighted by Gasteiger charge is -2.34. The molecule has 0 aromatic heterocycles. The summed E-state index contributed by atoms with van der Waals surface area (Å²) in [5, 5.41) is 6.48. The normalized spacial score (nSPS) is 21.6. The van der Waals surface area contributed by atoms with Crippen LogP contribution in [0, 0.1) is 5.92 Å². The van der Waals surface area contributed by atoms with Gasteiger partial charge in [0.05, 0.1) is 5.92 Å². The lowest BCUT2D eigenvalue weighted by atomic mass is 10.0. The van der Waals surface area contributed by atoms with E-state index >= 15 is 0 Å². The number of amides is 1. The van der Waals surface area contributed by atoms with E-state index in [1.54, 1.807) is 0 Å². The Labute approximate surface area is 144 Å². The number of para-hydroxylation sites is 1. The van der Waals surface area contributed by atoms with Crippen LogP contribution in [0.3, 0.4) is 0 Å². The summed E-state index contributed by atoms with van der Waals surface area (Å²) in [7, 11) is 0. The Balaban J connectivity index is 0.00000121. The molecule has 1 aromatic rings. The van der Waals surface area contributed by atoms with Gasteiger partial charge in [-0.3, -0.25) is 4.79 Å². The van der Waals surface area contributed by atoms with Gasteiger partial charge in [-0.05, 0) is 37.9 Å². The molecule has 0 bridgehead atoms. The molecule has 1 unspecified atom stereocenters. The van der Waals surface area contributed by atoms with E-state index < -0.39 is 0 Å². The smallest absolute Gasteiger partial charge is 0.224 e. The molecule has 2 saturated heterocycles. The second-order valence-electron chi connectivity index (χ2n) is 5.80. The summed E-state index contributed by atoms with van der Waals surface area (Å²) in [6.07, 6.45) is 3.07. The Kier molecular flexibility index (Phi) is 8.01. The average Bonchev–Trinajstić information content (AvgIpc) is 3.03. The standard InChI is InChI=1S/C16H23N3O.2ClH/c20-16(13-6-9-17-12-13)18-14-7-10-19(11-8-14)15-4-2-1-3-5-15;;/h1-5,13-14,17H,6-12H2,(H,18,20);2*1H. The molecule has 2 aliphatic heterocycles. The first-order valence-electron chi connectivity index (χ1n) is 7.64. The zero-order valence-corrected chi connectivity index (χ0v) is 14.3. The number of halogens is 2. The number of hydrogen-bond donors (Lipinski definition) is 2. The van der Waals surface area contributed by atoms with Crippen molar-refractivity contribution in [2.75, 3.05) is 31.1 Å². The van der Waals surface area contributed by atoms with Crippen LogP contribution in [0.5, 0.6) is 0 Å². The highest BCUT2D eigenvalue weighted by Crippen LogP contribution is 2.20. The number of anilines is 1. The lowest BCUT2D eigenvalue weighted by molar-refractivity contribution is -0.125. The zero-order chi connectivity index (χ0) is 13.8. The third-order valence-electron chi connectivity index (χ3n) is 4.39. The number of benzene rings is 1. The highest BCUT2D eigenvalue weighted by atomic mass is 35.5. The van der Waals surface area contributed by atoms with Gasteiger partial charge in [0.25, 0.3) is 0 Å². The predicted molar refractivity (Wildman–Crippen MR) is 95.3 cm³/mol. The summed E-state index contributed by atoms with van der Waals surface area (Å²) in [6, 6.07) is 10.9. The monoisotopic (exact) mass is 345 g/mol. The van der Waals surface area contributed by atoms with Gasteiger partial charge in [-0.25, -0.2) is 0 Å². The third kappa shape index (κ3) is 4.77. The van der Waals surface area contributed by atoms with Crippen molar-refractivity contribution in [3.63, 3.8) is 0 Å². The van der Waals surface area contributed by atoms with Crippen LogP contribution in [0.1, 0.15) is 19.3 Å². The SMILES string of the molecule is Cl.Cl.O=C(NC1CCN(c2ccccc2)CC1)C1CCNC1. The molecular weight excluding hydrogens is 321 g/mol. The minimum absolute atomic E-state index is 0. The molecule has 1 aromatic carbocycles. The fraction of sp³-hybridized carbons (Fsp3) is 0.562. The van der Waals surface area contributed by atoms with Crippen LogP contribution in [0.15, 0.2) is 30.3 Å². The van der Waals surface area contributed by atoms with Gasteiger partial charge in [0.1, 0.15) is 0 Å². The highest BCUT2D eigenvalue weighted by Gasteiger charge is 2.26. The molecule has 3 rings (SSSR count). The maximum absolute atomic E-state index is 12.1. The van der Waals surface area contributed by atoms with Crippen LogP contribution in [0.4, 0.5) is 5.69 Å². The lowest BCUT2D eigenvalue weighted by Crippen LogP contribution is -2.46. The number of nitrogens with zero attached hydrogens (tertiary/aromatic N) is 1. The summed E-state index contributed by atoms with van der Waals surface area (Å²) >= 11 is 0. The van der Waals surface area contributed by atoms with Gasteiger partial charge in [0.15, 0.2) is 0 Å². The summed E-state index contributed by atoms with van der Waals surface area (Å²) in [5.41, 5.74) is 1.29. The Bertz CT molecular complexity index is 444. The van der Waals surface area contributed by atoms with Gasteiger partial charge >= 0.3 is 0 Å². The number of carbonyl (C=O) groups is 1. The summed E-state index contributed by atoms with van der Waals surface area (Å²) in [6.45, 7) is 3.87. The van der Waals surface area contributed by atoms with E-state index in [9.17, 15) is 4.79 Å². The molecule has 2 N–H and O–H groups in total. The van der Waals surface area contributed by atoms with Crippen molar-refractivity contribution in [1.29, 1.82) is 0 Å². The molecule has 4 nitrogen and oxygen atoms in total. The largest absolute Gasteiger partial charge is 0.371 e. The first-order valence-corrected chi connectivity index (χ1v) is 7.64. The molecule has 1 atom stereocenters. The molecule has 22 heavy (non-hydrogen) atoms. The van der Waals surface area contributed by atoms with Crippen LogP contribution in [-0.2, 0) is 4.79 Å². The van der Waals surface area contributed by atoms with Crippen molar-refractivity contribution in [3.8, 4) is 0 Å². The minimum atomic E-state index is 0. The molecular formula is C16H25Cl2N3O. The predicted octanol–water partition coefficient (Wildman–Crippen LogP) is 2.22. The Morgan fingerprint density at radius 2 is 1.77 bits per heavy atom. The molecule has 0 aliphatic carbocycles. The van der Waals surface area contributed by atoms with Gasteiger partial charge in [-0.15, -0.1) is 24.8 Å². The van der Waals surface area contributed by atoms with Crippen LogP contribution >= 0.6 is 24.8 Å². The Hall–Kier alpha value is -0.970. The quantitative estimate of drug-likeness (QED) is 0.882.